The third-order valence-corrected chi connectivity index (χ3v) is 2.21. The van der Waals surface area contributed by atoms with E-state index in [1.807, 2.05) is 26.1 Å². The lowest BCUT2D eigenvalue weighted by Crippen LogP contribution is -1.93. The lowest BCUT2D eigenvalue weighted by molar-refractivity contribution is 0.895. The number of aromatic nitrogens is 3. The third-order valence-electron chi connectivity index (χ3n) is 1.62. The van der Waals surface area contributed by atoms with Gasteiger partial charge in [-0.1, -0.05) is 0 Å². The molecular weight excluding hydrogens is 218 g/mol. The first-order valence-corrected chi connectivity index (χ1v) is 4.45. The average molecular weight is 226 g/mol. The van der Waals surface area contributed by atoms with E-state index in [2.05, 4.69) is 26.0 Å². The molecule has 0 amide bonds. The molecule has 0 atom stereocenters. The fraction of sp³-hybridized carbons (Fsp3) is 0.250. The predicted molar refractivity (Wildman–Crippen MR) is 50.2 cm³/mol. The van der Waals surface area contributed by atoms with Crippen LogP contribution in [-0.2, 0) is 0 Å². The second-order valence-electron chi connectivity index (χ2n) is 2.78. The van der Waals surface area contributed by atoms with Gasteiger partial charge in [0.25, 0.3) is 0 Å². The van der Waals surface area contributed by atoms with Crippen LogP contribution in [0.5, 0.6) is 0 Å². The highest BCUT2D eigenvalue weighted by atomic mass is 79.9. The van der Waals surface area contributed by atoms with Crippen LogP contribution in [0.2, 0.25) is 0 Å². The van der Waals surface area contributed by atoms with Crippen LogP contribution in [0, 0.1) is 13.8 Å². The van der Waals surface area contributed by atoms with Crippen LogP contribution in [0.25, 0.3) is 5.65 Å². The molecule has 0 bridgehead atoms. The van der Waals surface area contributed by atoms with Crippen LogP contribution in [0.3, 0.4) is 0 Å². The van der Waals surface area contributed by atoms with Gasteiger partial charge in [-0.15, -0.1) is 0 Å². The van der Waals surface area contributed by atoms with Gasteiger partial charge in [-0.25, -0.2) is 9.50 Å². The summed E-state index contributed by atoms with van der Waals surface area (Å²) in [5.41, 5.74) is 2.83. The highest BCUT2D eigenvalue weighted by Gasteiger charge is 2.03. The monoisotopic (exact) mass is 225 g/mol. The molecule has 4 heteroatoms. The van der Waals surface area contributed by atoms with E-state index in [9.17, 15) is 0 Å². The van der Waals surface area contributed by atoms with Crippen molar-refractivity contribution in [3.63, 3.8) is 0 Å². The predicted octanol–water partition coefficient (Wildman–Crippen LogP) is 2.11. The number of halogens is 1. The molecular formula is C8H8BrN3. The van der Waals surface area contributed by atoms with Crippen molar-refractivity contribution in [3.8, 4) is 0 Å². The van der Waals surface area contributed by atoms with Gasteiger partial charge in [0.15, 0.2) is 5.65 Å². The largest absolute Gasteiger partial charge is 0.231 e. The molecule has 2 aromatic heterocycles. The molecule has 0 aliphatic carbocycles. The highest BCUT2D eigenvalue weighted by molar-refractivity contribution is 9.10. The van der Waals surface area contributed by atoms with E-state index < -0.39 is 0 Å². The van der Waals surface area contributed by atoms with Crippen LogP contribution >= 0.6 is 15.9 Å². The molecule has 0 unspecified atom stereocenters. The molecule has 2 aromatic rings. The van der Waals surface area contributed by atoms with Gasteiger partial charge in [0.1, 0.15) is 0 Å². The number of imidazole rings is 1. The average Bonchev–Trinajstić information content (AvgIpc) is 2.29. The van der Waals surface area contributed by atoms with Gasteiger partial charge in [0, 0.05) is 0 Å². The molecule has 62 valence electrons. The van der Waals surface area contributed by atoms with Crippen LogP contribution < -0.4 is 0 Å². The van der Waals surface area contributed by atoms with Crippen LogP contribution in [0.15, 0.2) is 16.7 Å². The van der Waals surface area contributed by atoms with Gasteiger partial charge >= 0.3 is 0 Å². The van der Waals surface area contributed by atoms with Crippen molar-refractivity contribution >= 4 is 21.6 Å². The smallest absolute Gasteiger partial charge is 0.168 e. The minimum atomic E-state index is 0.873. The molecule has 0 saturated heterocycles. The van der Waals surface area contributed by atoms with Gasteiger partial charge < -0.3 is 0 Å². The maximum Gasteiger partial charge on any atom is 0.168 e. The first-order valence-electron chi connectivity index (χ1n) is 3.66. The maximum absolute atomic E-state index is 4.31. The van der Waals surface area contributed by atoms with Crippen molar-refractivity contribution in [2.45, 2.75) is 13.8 Å². The fourth-order valence-corrected chi connectivity index (χ4v) is 1.77. The molecule has 0 aromatic carbocycles. The zero-order valence-electron chi connectivity index (χ0n) is 6.87. The Morgan fingerprint density at radius 1 is 1.33 bits per heavy atom. The quantitative estimate of drug-likeness (QED) is 0.688. The van der Waals surface area contributed by atoms with E-state index in [4.69, 9.17) is 0 Å². The Balaban J connectivity index is 2.88. The molecule has 3 nitrogen and oxygen atoms in total. The van der Waals surface area contributed by atoms with E-state index in [1.54, 1.807) is 4.52 Å². The standard InChI is InChI=1S/C8H8BrN3/c1-5-3-7(9)8-10-6(2)4-12(8)11-5/h3-4H,1-2H3. The number of hydrogen-bond donors (Lipinski definition) is 0. The molecule has 0 fully saturated rings. The minimum absolute atomic E-state index is 0.873. The fourth-order valence-electron chi connectivity index (χ4n) is 1.17. The van der Waals surface area contributed by atoms with Crippen molar-refractivity contribution in [1.82, 2.24) is 14.6 Å². The van der Waals surface area contributed by atoms with Crippen LogP contribution in [-0.4, -0.2) is 14.6 Å². The summed E-state index contributed by atoms with van der Waals surface area (Å²) < 4.78 is 2.78. The Hall–Kier alpha value is -0.900. The minimum Gasteiger partial charge on any atom is -0.231 e. The normalized spacial score (nSPS) is 10.9. The maximum atomic E-state index is 4.31. The topological polar surface area (TPSA) is 30.2 Å². The van der Waals surface area contributed by atoms with Crippen molar-refractivity contribution in [3.05, 3.63) is 28.1 Å². The molecule has 12 heavy (non-hydrogen) atoms. The summed E-state index contributed by atoms with van der Waals surface area (Å²) in [7, 11) is 0. The van der Waals surface area contributed by atoms with E-state index in [1.165, 1.54) is 0 Å². The zero-order valence-corrected chi connectivity index (χ0v) is 8.46. The molecule has 2 rings (SSSR count). The first-order chi connectivity index (χ1) is 5.66. The number of fused-ring (bicyclic) bond motifs is 1. The van der Waals surface area contributed by atoms with Crippen molar-refractivity contribution in [2.75, 3.05) is 0 Å². The summed E-state index contributed by atoms with van der Waals surface area (Å²) in [6, 6.07) is 1.96. The summed E-state index contributed by atoms with van der Waals surface area (Å²) >= 11 is 3.44. The number of nitrogens with zero attached hydrogens (tertiary/aromatic N) is 3. The molecule has 0 radical (unpaired) electrons. The van der Waals surface area contributed by atoms with Crippen molar-refractivity contribution in [1.29, 1.82) is 0 Å². The Labute approximate surface area is 78.6 Å². The van der Waals surface area contributed by atoms with E-state index in [-0.39, 0.29) is 0 Å². The number of hydrogen-bond acceptors (Lipinski definition) is 2. The number of rotatable bonds is 0. The molecule has 0 spiro atoms. The second kappa shape index (κ2) is 2.55. The molecule has 0 N–H and O–H groups in total. The van der Waals surface area contributed by atoms with Gasteiger partial charge in [-0.2, -0.15) is 5.10 Å². The van der Waals surface area contributed by atoms with E-state index in [0.29, 0.717) is 0 Å². The van der Waals surface area contributed by atoms with E-state index >= 15 is 0 Å². The summed E-state index contributed by atoms with van der Waals surface area (Å²) in [5.74, 6) is 0. The lowest BCUT2D eigenvalue weighted by Gasteiger charge is -1.96. The van der Waals surface area contributed by atoms with Gasteiger partial charge in [-0.3, -0.25) is 0 Å². The summed E-state index contributed by atoms with van der Waals surface area (Å²) in [5, 5.41) is 4.28. The third kappa shape index (κ3) is 1.12. The second-order valence-corrected chi connectivity index (χ2v) is 3.64. The molecule has 0 saturated carbocycles. The van der Waals surface area contributed by atoms with Crippen molar-refractivity contribution < 1.29 is 0 Å². The summed E-state index contributed by atoms with van der Waals surface area (Å²) in [4.78, 5) is 4.31. The van der Waals surface area contributed by atoms with Gasteiger partial charge in [0.05, 0.1) is 22.1 Å². The van der Waals surface area contributed by atoms with E-state index in [0.717, 1.165) is 21.5 Å². The zero-order chi connectivity index (χ0) is 8.72. The SMILES string of the molecule is Cc1cn2nc(C)cc(Br)c2n1. The Morgan fingerprint density at radius 3 is 2.83 bits per heavy atom. The summed E-state index contributed by atoms with van der Waals surface area (Å²) in [6.07, 6.45) is 1.91. The molecule has 0 aliphatic rings. The Bertz CT molecular complexity index is 433. The Morgan fingerprint density at radius 2 is 2.08 bits per heavy atom. The van der Waals surface area contributed by atoms with Crippen LogP contribution in [0.1, 0.15) is 11.4 Å². The van der Waals surface area contributed by atoms with Crippen molar-refractivity contribution in [2.24, 2.45) is 0 Å². The Kier molecular flexibility index (Phi) is 1.65. The lowest BCUT2D eigenvalue weighted by atomic mass is 10.4. The molecule has 2 heterocycles. The van der Waals surface area contributed by atoms with Gasteiger partial charge in [-0.05, 0) is 35.8 Å². The molecule has 0 aliphatic heterocycles. The van der Waals surface area contributed by atoms with Gasteiger partial charge in [0.2, 0.25) is 0 Å². The van der Waals surface area contributed by atoms with Crippen LogP contribution in [0.4, 0.5) is 0 Å². The highest BCUT2D eigenvalue weighted by Crippen LogP contribution is 2.16. The summed E-state index contributed by atoms with van der Waals surface area (Å²) in [6.45, 7) is 3.91. The number of aryl methyl sites for hydroxylation is 2. The first kappa shape index (κ1) is 7.73.